The Hall–Kier alpha value is -2.14. The number of carbonyl (C=O) groups is 2. The Morgan fingerprint density at radius 1 is 1.04 bits per heavy atom. The Morgan fingerprint density at radius 2 is 1.65 bits per heavy atom. The van der Waals surface area contributed by atoms with E-state index in [0.717, 1.165) is 15.6 Å². The number of hydrogen-bond donors (Lipinski definition) is 1. The van der Waals surface area contributed by atoms with Crippen molar-refractivity contribution in [2.45, 2.75) is 20.8 Å². The number of benzene rings is 2. The molecule has 0 spiro atoms. The minimum atomic E-state index is -0.239. The molecule has 120 valence electrons. The second kappa shape index (κ2) is 7.42. The molecule has 0 aliphatic carbocycles. The van der Waals surface area contributed by atoms with E-state index < -0.39 is 0 Å². The van der Waals surface area contributed by atoms with Gasteiger partial charge < -0.3 is 10.2 Å². The fraction of sp³-hybridized carbons (Fsp3) is 0.222. The number of halogens is 1. The van der Waals surface area contributed by atoms with Gasteiger partial charge in [0.2, 0.25) is 11.8 Å². The number of hydrogen-bond acceptors (Lipinski definition) is 2. The van der Waals surface area contributed by atoms with Crippen LogP contribution in [0.1, 0.15) is 18.1 Å². The van der Waals surface area contributed by atoms with E-state index >= 15 is 0 Å². The van der Waals surface area contributed by atoms with Crippen molar-refractivity contribution in [2.24, 2.45) is 0 Å². The summed E-state index contributed by atoms with van der Waals surface area (Å²) in [6.45, 7) is 5.37. The molecule has 2 aromatic rings. The molecule has 0 bridgehead atoms. The number of nitrogens with one attached hydrogen (secondary N) is 1. The first-order valence-corrected chi connectivity index (χ1v) is 8.07. The van der Waals surface area contributed by atoms with E-state index in [0.29, 0.717) is 11.4 Å². The highest BCUT2D eigenvalue weighted by Gasteiger charge is 2.18. The summed E-state index contributed by atoms with van der Waals surface area (Å²) < 4.78 is 0.788. The molecule has 4 nitrogen and oxygen atoms in total. The molecule has 23 heavy (non-hydrogen) atoms. The van der Waals surface area contributed by atoms with Crippen LogP contribution in [0.15, 0.2) is 46.9 Å². The van der Waals surface area contributed by atoms with Crippen LogP contribution in [0.3, 0.4) is 0 Å². The van der Waals surface area contributed by atoms with Crippen LogP contribution in [0.5, 0.6) is 0 Å². The summed E-state index contributed by atoms with van der Waals surface area (Å²) in [4.78, 5) is 25.6. The van der Waals surface area contributed by atoms with Gasteiger partial charge in [0, 0.05) is 17.1 Å². The first-order valence-electron chi connectivity index (χ1n) is 7.27. The van der Waals surface area contributed by atoms with Gasteiger partial charge in [-0.1, -0.05) is 23.8 Å². The average molecular weight is 375 g/mol. The molecular formula is C18H19BrN2O2. The Bertz CT molecular complexity index is 726. The topological polar surface area (TPSA) is 49.4 Å². The zero-order chi connectivity index (χ0) is 17.0. The molecule has 0 aromatic heterocycles. The van der Waals surface area contributed by atoms with E-state index in [1.807, 2.05) is 56.3 Å². The highest BCUT2D eigenvalue weighted by Crippen LogP contribution is 2.27. The third-order valence-electron chi connectivity index (χ3n) is 3.41. The average Bonchev–Trinajstić information content (AvgIpc) is 2.48. The first-order chi connectivity index (χ1) is 10.9. The van der Waals surface area contributed by atoms with Gasteiger partial charge in [-0.25, -0.2) is 0 Å². The standard InChI is InChI=1S/C18H19BrN2O2/c1-12-4-7-15(8-5-12)20-18(23)11-21(14(3)22)17-9-6-13(2)10-16(17)19/h4-10H,11H2,1-3H3,(H,20,23). The van der Waals surface area contributed by atoms with Crippen molar-refractivity contribution in [1.82, 2.24) is 0 Å². The summed E-state index contributed by atoms with van der Waals surface area (Å²) in [6.07, 6.45) is 0. The number of amides is 2. The molecule has 0 heterocycles. The predicted molar refractivity (Wildman–Crippen MR) is 96.7 cm³/mol. The van der Waals surface area contributed by atoms with Crippen LogP contribution < -0.4 is 10.2 Å². The molecule has 0 fully saturated rings. The van der Waals surface area contributed by atoms with Crippen molar-refractivity contribution in [1.29, 1.82) is 0 Å². The molecule has 0 saturated heterocycles. The van der Waals surface area contributed by atoms with Gasteiger partial charge in [0.1, 0.15) is 6.54 Å². The molecule has 5 heteroatoms. The van der Waals surface area contributed by atoms with Crippen LogP contribution in [0.25, 0.3) is 0 Å². The maximum absolute atomic E-state index is 12.2. The third-order valence-corrected chi connectivity index (χ3v) is 4.05. The van der Waals surface area contributed by atoms with Crippen molar-refractivity contribution in [3.05, 3.63) is 58.1 Å². The largest absolute Gasteiger partial charge is 0.325 e. The molecule has 0 aliphatic heterocycles. The quantitative estimate of drug-likeness (QED) is 0.876. The summed E-state index contributed by atoms with van der Waals surface area (Å²) in [5.41, 5.74) is 3.60. The van der Waals surface area contributed by atoms with Gasteiger partial charge in [-0.2, -0.15) is 0 Å². The Kier molecular flexibility index (Phi) is 5.55. The Morgan fingerprint density at radius 3 is 2.22 bits per heavy atom. The highest BCUT2D eigenvalue weighted by molar-refractivity contribution is 9.10. The Balaban J connectivity index is 2.14. The minimum absolute atomic E-state index is 0.0368. The molecule has 2 amide bonds. The van der Waals surface area contributed by atoms with Crippen molar-refractivity contribution in [3.63, 3.8) is 0 Å². The molecule has 0 saturated carbocycles. The fourth-order valence-corrected chi connectivity index (χ4v) is 2.89. The van der Waals surface area contributed by atoms with Gasteiger partial charge >= 0.3 is 0 Å². The van der Waals surface area contributed by atoms with Crippen LogP contribution in [0.2, 0.25) is 0 Å². The number of anilines is 2. The van der Waals surface area contributed by atoms with Crippen molar-refractivity contribution in [3.8, 4) is 0 Å². The van der Waals surface area contributed by atoms with E-state index in [9.17, 15) is 9.59 Å². The SMILES string of the molecule is CC(=O)N(CC(=O)Nc1ccc(C)cc1)c1ccc(C)cc1Br. The summed E-state index contributed by atoms with van der Waals surface area (Å²) in [6, 6.07) is 13.2. The third kappa shape index (κ3) is 4.66. The van der Waals surface area contributed by atoms with Crippen LogP contribution in [0, 0.1) is 13.8 Å². The lowest BCUT2D eigenvalue weighted by Gasteiger charge is -2.22. The van der Waals surface area contributed by atoms with Crippen LogP contribution in [-0.4, -0.2) is 18.4 Å². The van der Waals surface area contributed by atoms with Crippen LogP contribution >= 0.6 is 15.9 Å². The summed E-state index contributed by atoms with van der Waals surface area (Å²) in [5, 5.41) is 2.81. The fourth-order valence-electron chi connectivity index (χ4n) is 2.18. The molecule has 2 aromatic carbocycles. The number of rotatable bonds is 4. The van der Waals surface area contributed by atoms with Gasteiger partial charge in [0.05, 0.1) is 5.69 Å². The van der Waals surface area contributed by atoms with Gasteiger partial charge in [-0.3, -0.25) is 9.59 Å². The summed E-state index contributed by atoms with van der Waals surface area (Å²) in [5.74, 6) is -0.426. The zero-order valence-corrected chi connectivity index (χ0v) is 15.0. The van der Waals surface area contributed by atoms with E-state index in [2.05, 4.69) is 21.2 Å². The summed E-state index contributed by atoms with van der Waals surface area (Å²) in [7, 11) is 0. The molecular weight excluding hydrogens is 356 g/mol. The van der Waals surface area contributed by atoms with Gasteiger partial charge in [-0.05, 0) is 59.6 Å². The molecule has 1 N–H and O–H groups in total. The molecule has 0 aliphatic rings. The zero-order valence-electron chi connectivity index (χ0n) is 13.4. The second-order valence-electron chi connectivity index (χ2n) is 5.47. The second-order valence-corrected chi connectivity index (χ2v) is 6.33. The Labute approximate surface area is 144 Å². The van der Waals surface area contributed by atoms with E-state index in [4.69, 9.17) is 0 Å². The number of carbonyl (C=O) groups excluding carboxylic acids is 2. The molecule has 2 rings (SSSR count). The van der Waals surface area contributed by atoms with Gasteiger partial charge in [0.15, 0.2) is 0 Å². The smallest absolute Gasteiger partial charge is 0.244 e. The lowest BCUT2D eigenvalue weighted by atomic mass is 10.2. The van der Waals surface area contributed by atoms with E-state index in [1.165, 1.54) is 11.8 Å². The van der Waals surface area contributed by atoms with Crippen LogP contribution in [-0.2, 0) is 9.59 Å². The molecule has 0 radical (unpaired) electrons. The lowest BCUT2D eigenvalue weighted by Crippen LogP contribution is -2.36. The van der Waals surface area contributed by atoms with Crippen molar-refractivity contribution < 1.29 is 9.59 Å². The van der Waals surface area contributed by atoms with E-state index in [1.54, 1.807) is 0 Å². The van der Waals surface area contributed by atoms with Crippen LogP contribution in [0.4, 0.5) is 11.4 Å². The molecule has 0 unspecified atom stereocenters. The monoisotopic (exact) mass is 374 g/mol. The maximum atomic E-state index is 12.2. The lowest BCUT2D eigenvalue weighted by molar-refractivity contribution is -0.120. The number of nitrogens with zero attached hydrogens (tertiary/aromatic N) is 1. The van der Waals surface area contributed by atoms with Gasteiger partial charge in [0.25, 0.3) is 0 Å². The highest BCUT2D eigenvalue weighted by atomic mass is 79.9. The van der Waals surface area contributed by atoms with Gasteiger partial charge in [-0.15, -0.1) is 0 Å². The normalized spacial score (nSPS) is 10.3. The maximum Gasteiger partial charge on any atom is 0.244 e. The first kappa shape index (κ1) is 17.2. The summed E-state index contributed by atoms with van der Waals surface area (Å²) >= 11 is 3.46. The predicted octanol–water partition coefficient (Wildman–Crippen LogP) is 4.06. The van der Waals surface area contributed by atoms with Crippen molar-refractivity contribution >= 4 is 39.1 Å². The number of aryl methyl sites for hydroxylation is 2. The van der Waals surface area contributed by atoms with Crippen molar-refractivity contribution in [2.75, 3.05) is 16.8 Å². The van der Waals surface area contributed by atoms with E-state index in [-0.39, 0.29) is 18.4 Å². The molecule has 0 atom stereocenters. The minimum Gasteiger partial charge on any atom is -0.325 e.